The molecule has 1 saturated heterocycles. The Bertz CT molecular complexity index is 754. The van der Waals surface area contributed by atoms with Gasteiger partial charge in [0.2, 0.25) is 6.19 Å². The van der Waals surface area contributed by atoms with Crippen molar-refractivity contribution in [3.8, 4) is 11.9 Å². The highest BCUT2D eigenvalue weighted by Gasteiger charge is 2.47. The second kappa shape index (κ2) is 6.11. The largest absolute Gasteiger partial charge is 0.485 e. The first-order chi connectivity index (χ1) is 11.3. The summed E-state index contributed by atoms with van der Waals surface area (Å²) in [6.07, 6.45) is 1.00. The SMILES string of the molecule is CC(=O)c1ccc2c(c1)[C@H](N1CCS/C1=N/C#N)[C@@H](O)C(C)(C)O2. The predicted octanol–water partition coefficient (Wildman–Crippen LogP) is 2.35. The molecule has 6 nitrogen and oxygen atoms in total. The molecule has 2 aliphatic heterocycles. The predicted molar refractivity (Wildman–Crippen MR) is 92.1 cm³/mol. The molecule has 1 aromatic carbocycles. The van der Waals surface area contributed by atoms with Crippen LogP contribution in [0.1, 0.15) is 42.7 Å². The molecular weight excluding hydrogens is 326 g/mol. The Morgan fingerprint density at radius 3 is 2.96 bits per heavy atom. The average Bonchev–Trinajstić information content (AvgIpc) is 2.96. The quantitative estimate of drug-likeness (QED) is 0.654. The van der Waals surface area contributed by atoms with Gasteiger partial charge in [-0.25, -0.2) is 0 Å². The number of aliphatic imine (C=N–C) groups is 1. The number of carbonyl (C=O) groups excluding carboxylic acids is 1. The van der Waals surface area contributed by atoms with Crippen LogP contribution in [0, 0.1) is 11.5 Å². The minimum atomic E-state index is -0.824. The molecule has 0 spiro atoms. The number of Topliss-reactive ketones (excluding diaryl/α,β-unsaturated/α-hetero) is 1. The fourth-order valence-corrected chi connectivity index (χ4v) is 4.08. The van der Waals surface area contributed by atoms with E-state index in [1.165, 1.54) is 18.7 Å². The number of fused-ring (bicyclic) bond motifs is 1. The molecule has 2 heterocycles. The van der Waals surface area contributed by atoms with E-state index in [9.17, 15) is 9.90 Å². The zero-order chi connectivity index (χ0) is 17.5. The lowest BCUT2D eigenvalue weighted by molar-refractivity contribution is -0.0800. The van der Waals surface area contributed by atoms with Crippen LogP contribution in [0.2, 0.25) is 0 Å². The average molecular weight is 345 g/mol. The van der Waals surface area contributed by atoms with Gasteiger partial charge < -0.3 is 14.7 Å². The van der Waals surface area contributed by atoms with E-state index in [-0.39, 0.29) is 5.78 Å². The van der Waals surface area contributed by atoms with Gasteiger partial charge in [-0.1, -0.05) is 11.8 Å². The van der Waals surface area contributed by atoms with Crippen molar-refractivity contribution in [1.29, 1.82) is 5.26 Å². The molecule has 0 bridgehead atoms. The lowest BCUT2D eigenvalue weighted by Gasteiger charge is -2.45. The van der Waals surface area contributed by atoms with Crippen molar-refractivity contribution < 1.29 is 14.6 Å². The molecule has 0 amide bonds. The van der Waals surface area contributed by atoms with Gasteiger partial charge in [0.15, 0.2) is 11.0 Å². The van der Waals surface area contributed by atoms with Gasteiger partial charge in [0.05, 0.1) is 6.04 Å². The number of ether oxygens (including phenoxy) is 1. The van der Waals surface area contributed by atoms with Crippen LogP contribution in [0.3, 0.4) is 0 Å². The molecule has 1 fully saturated rings. The minimum Gasteiger partial charge on any atom is -0.485 e. The first-order valence-electron chi connectivity index (χ1n) is 7.73. The third-order valence-electron chi connectivity index (χ3n) is 4.41. The van der Waals surface area contributed by atoms with E-state index in [1.54, 1.807) is 18.2 Å². The Balaban J connectivity index is 2.13. The number of rotatable bonds is 2. The number of benzene rings is 1. The van der Waals surface area contributed by atoms with E-state index in [2.05, 4.69) is 4.99 Å². The van der Waals surface area contributed by atoms with Crippen LogP contribution in [0.5, 0.6) is 5.75 Å². The zero-order valence-electron chi connectivity index (χ0n) is 13.8. The molecule has 1 N–H and O–H groups in total. The zero-order valence-corrected chi connectivity index (χ0v) is 14.6. The maximum atomic E-state index is 11.7. The van der Waals surface area contributed by atoms with Gasteiger partial charge >= 0.3 is 0 Å². The van der Waals surface area contributed by atoms with Crippen molar-refractivity contribution in [2.75, 3.05) is 12.3 Å². The molecule has 2 aliphatic rings. The van der Waals surface area contributed by atoms with Crippen molar-refractivity contribution in [1.82, 2.24) is 4.90 Å². The summed E-state index contributed by atoms with van der Waals surface area (Å²) in [6, 6.07) is 4.87. The smallest absolute Gasteiger partial charge is 0.208 e. The van der Waals surface area contributed by atoms with E-state index < -0.39 is 17.7 Å². The number of aliphatic hydroxyl groups is 1. The van der Waals surface area contributed by atoms with Gasteiger partial charge in [0.1, 0.15) is 17.5 Å². The molecule has 0 unspecified atom stereocenters. The number of aliphatic hydroxyl groups excluding tert-OH is 1. The number of hydrogen-bond acceptors (Lipinski definition) is 6. The summed E-state index contributed by atoms with van der Waals surface area (Å²) < 4.78 is 5.95. The summed E-state index contributed by atoms with van der Waals surface area (Å²) in [5.74, 6) is 1.40. The van der Waals surface area contributed by atoms with Crippen LogP contribution in [0.15, 0.2) is 23.2 Å². The highest BCUT2D eigenvalue weighted by atomic mass is 32.2. The maximum absolute atomic E-state index is 11.7. The van der Waals surface area contributed by atoms with Crippen molar-refractivity contribution in [3.63, 3.8) is 0 Å². The highest BCUT2D eigenvalue weighted by Crippen LogP contribution is 2.45. The molecule has 126 valence electrons. The third kappa shape index (κ3) is 2.76. The van der Waals surface area contributed by atoms with Crippen molar-refractivity contribution in [2.24, 2.45) is 4.99 Å². The lowest BCUT2D eigenvalue weighted by Crippen LogP contribution is -2.53. The Kier molecular flexibility index (Phi) is 4.28. The van der Waals surface area contributed by atoms with Crippen LogP contribution < -0.4 is 4.74 Å². The fourth-order valence-electron chi connectivity index (χ4n) is 3.14. The number of thioether (sulfide) groups is 1. The fraction of sp³-hybridized carbons (Fsp3) is 0.471. The van der Waals surface area contributed by atoms with Crippen molar-refractivity contribution in [2.45, 2.75) is 38.5 Å². The normalized spacial score (nSPS) is 26.6. The third-order valence-corrected chi connectivity index (χ3v) is 5.38. The van der Waals surface area contributed by atoms with E-state index >= 15 is 0 Å². The van der Waals surface area contributed by atoms with Crippen LogP contribution in [0.4, 0.5) is 0 Å². The monoisotopic (exact) mass is 345 g/mol. The molecule has 2 atom stereocenters. The molecule has 24 heavy (non-hydrogen) atoms. The lowest BCUT2D eigenvalue weighted by atomic mass is 9.85. The second-order valence-corrected chi connectivity index (χ2v) is 7.50. The Morgan fingerprint density at radius 1 is 1.54 bits per heavy atom. The molecule has 3 rings (SSSR count). The number of nitrogens with zero attached hydrogens (tertiary/aromatic N) is 3. The minimum absolute atomic E-state index is 0.0439. The summed E-state index contributed by atoms with van der Waals surface area (Å²) in [5, 5.41) is 20.4. The molecular formula is C17H19N3O3S. The summed E-state index contributed by atoms with van der Waals surface area (Å²) in [5.41, 5.74) is 0.531. The number of nitriles is 1. The van der Waals surface area contributed by atoms with Crippen molar-refractivity contribution >= 4 is 22.7 Å². The molecule has 1 aromatic rings. The van der Waals surface area contributed by atoms with Crippen LogP contribution in [-0.4, -0.2) is 45.0 Å². The van der Waals surface area contributed by atoms with Gasteiger partial charge in [-0.2, -0.15) is 5.26 Å². The first kappa shape index (κ1) is 16.8. The molecule has 0 aliphatic carbocycles. The van der Waals surface area contributed by atoms with Crippen LogP contribution in [0.25, 0.3) is 0 Å². The van der Waals surface area contributed by atoms with E-state index in [0.29, 0.717) is 23.0 Å². The number of amidine groups is 1. The van der Waals surface area contributed by atoms with E-state index in [1.807, 2.05) is 24.9 Å². The van der Waals surface area contributed by atoms with Crippen molar-refractivity contribution in [3.05, 3.63) is 29.3 Å². The molecule has 0 radical (unpaired) electrons. The molecule has 7 heteroatoms. The highest BCUT2D eigenvalue weighted by molar-refractivity contribution is 8.14. The molecule has 0 saturated carbocycles. The first-order valence-corrected chi connectivity index (χ1v) is 8.72. The summed E-state index contributed by atoms with van der Waals surface area (Å²) in [7, 11) is 0. The molecule has 0 aromatic heterocycles. The number of carbonyl (C=O) groups is 1. The van der Waals surface area contributed by atoms with Crippen LogP contribution in [-0.2, 0) is 0 Å². The van der Waals surface area contributed by atoms with Gasteiger partial charge in [0, 0.05) is 23.4 Å². The van der Waals surface area contributed by atoms with Gasteiger partial charge in [-0.15, -0.1) is 4.99 Å². The second-order valence-electron chi connectivity index (χ2n) is 6.44. The van der Waals surface area contributed by atoms with E-state index in [4.69, 9.17) is 10.00 Å². The number of hydrogen-bond donors (Lipinski definition) is 1. The van der Waals surface area contributed by atoms with Gasteiger partial charge in [-0.3, -0.25) is 4.79 Å². The van der Waals surface area contributed by atoms with E-state index in [0.717, 1.165) is 11.3 Å². The van der Waals surface area contributed by atoms with Gasteiger partial charge in [0.25, 0.3) is 0 Å². The Morgan fingerprint density at radius 2 is 2.29 bits per heavy atom. The summed E-state index contributed by atoms with van der Waals surface area (Å²) in [4.78, 5) is 17.6. The van der Waals surface area contributed by atoms with Gasteiger partial charge in [-0.05, 0) is 39.0 Å². The summed E-state index contributed by atoms with van der Waals surface area (Å²) in [6.45, 7) is 5.84. The standard InChI is InChI=1S/C17H19N3O3S/c1-10(21)11-4-5-13-12(8-11)14(15(22)17(2,3)23-13)20-6-7-24-16(20)19-9-18/h4-5,8,14-15,22H,6-7H2,1-3H3/b19-16+/t14-,15+/m0/s1. The maximum Gasteiger partial charge on any atom is 0.208 e. The van der Waals surface area contributed by atoms with Crippen LogP contribution >= 0.6 is 11.8 Å². The Labute approximate surface area is 145 Å². The topological polar surface area (TPSA) is 85.9 Å². The Hall–Kier alpha value is -2.04. The summed E-state index contributed by atoms with van der Waals surface area (Å²) >= 11 is 1.49. The number of ketones is 1.